The van der Waals surface area contributed by atoms with Gasteiger partial charge in [0.15, 0.2) is 5.17 Å². The van der Waals surface area contributed by atoms with Gasteiger partial charge >= 0.3 is 0 Å². The third kappa shape index (κ3) is 4.18. The predicted molar refractivity (Wildman–Crippen MR) is 68.2 cm³/mol. The summed E-state index contributed by atoms with van der Waals surface area (Å²) in [6.07, 6.45) is 1.71. The molecule has 16 heavy (non-hydrogen) atoms. The molecule has 4 nitrogen and oxygen atoms in total. The van der Waals surface area contributed by atoms with E-state index in [0.29, 0.717) is 16.5 Å². The summed E-state index contributed by atoms with van der Waals surface area (Å²) >= 11 is 1.31. The van der Waals surface area contributed by atoms with Gasteiger partial charge in [-0.05, 0) is 12.1 Å². The van der Waals surface area contributed by atoms with Crippen molar-refractivity contribution in [3.8, 4) is 0 Å². The second-order valence-corrected chi connectivity index (χ2v) is 3.90. The number of hydrogen-bond donors (Lipinski definition) is 2. The Balaban J connectivity index is 2.49. The van der Waals surface area contributed by atoms with Gasteiger partial charge < -0.3 is 5.73 Å². The topological polar surface area (TPSA) is 67.5 Å². The third-order valence-corrected chi connectivity index (χ3v) is 2.44. The van der Waals surface area contributed by atoms with E-state index in [1.807, 2.05) is 6.07 Å². The van der Waals surface area contributed by atoms with Crippen LogP contribution in [-0.4, -0.2) is 16.8 Å². The van der Waals surface area contributed by atoms with Crippen molar-refractivity contribution in [1.29, 1.82) is 0 Å². The number of thioether (sulfide) groups is 1. The van der Waals surface area contributed by atoms with E-state index < -0.39 is 0 Å². The number of amidine groups is 1. The molecule has 0 aliphatic heterocycles. The molecule has 1 amide bonds. The maximum absolute atomic E-state index is 11.5. The van der Waals surface area contributed by atoms with Crippen molar-refractivity contribution in [3.05, 3.63) is 48.6 Å². The lowest BCUT2D eigenvalue weighted by molar-refractivity contribution is 0.0955. The van der Waals surface area contributed by atoms with E-state index >= 15 is 0 Å². The first kappa shape index (κ1) is 12.3. The third-order valence-electron chi connectivity index (χ3n) is 1.65. The fraction of sp³-hybridized carbons (Fsp3) is 0.0909. The van der Waals surface area contributed by atoms with Gasteiger partial charge in [0.25, 0.3) is 5.91 Å². The minimum atomic E-state index is -0.275. The van der Waals surface area contributed by atoms with Crippen molar-refractivity contribution in [2.45, 2.75) is 0 Å². The lowest BCUT2D eigenvalue weighted by Crippen LogP contribution is -2.21. The fourth-order valence-electron chi connectivity index (χ4n) is 0.937. The van der Waals surface area contributed by atoms with E-state index in [0.717, 1.165) is 0 Å². The van der Waals surface area contributed by atoms with Crippen LogP contribution in [0, 0.1) is 0 Å². The molecule has 0 saturated heterocycles. The molecule has 0 heterocycles. The first-order valence-corrected chi connectivity index (χ1v) is 5.65. The Morgan fingerprint density at radius 2 is 2.19 bits per heavy atom. The number of nitrogens with two attached hydrogens (primary N) is 1. The normalized spacial score (nSPS) is 10.9. The van der Waals surface area contributed by atoms with Crippen LogP contribution in [0.25, 0.3) is 0 Å². The average Bonchev–Trinajstić information content (AvgIpc) is 2.34. The zero-order chi connectivity index (χ0) is 11.8. The monoisotopic (exact) mass is 235 g/mol. The van der Waals surface area contributed by atoms with Crippen molar-refractivity contribution < 1.29 is 4.79 Å². The number of rotatable bonds is 4. The second-order valence-electron chi connectivity index (χ2n) is 2.86. The lowest BCUT2D eigenvalue weighted by atomic mass is 10.2. The number of hydrazone groups is 1. The quantitative estimate of drug-likeness (QED) is 0.360. The van der Waals surface area contributed by atoms with E-state index in [1.165, 1.54) is 11.8 Å². The standard InChI is InChI=1S/C11H13N3OS/c1-2-8-16-11(12)14-13-10(15)9-6-4-3-5-7-9/h2-7H,1,8H2,(H2,12,14)(H,13,15). The zero-order valence-electron chi connectivity index (χ0n) is 8.72. The Morgan fingerprint density at radius 1 is 1.50 bits per heavy atom. The molecule has 5 heteroatoms. The molecule has 0 aliphatic carbocycles. The molecule has 0 aliphatic rings. The molecule has 0 radical (unpaired) electrons. The van der Waals surface area contributed by atoms with Crippen LogP contribution in [-0.2, 0) is 0 Å². The van der Waals surface area contributed by atoms with Crippen LogP contribution in [0.5, 0.6) is 0 Å². The molecular formula is C11H13N3OS. The van der Waals surface area contributed by atoms with Gasteiger partial charge in [0.05, 0.1) is 0 Å². The molecule has 1 aromatic carbocycles. The Labute approximate surface area is 98.6 Å². The van der Waals surface area contributed by atoms with Crippen LogP contribution in [0.1, 0.15) is 10.4 Å². The van der Waals surface area contributed by atoms with Gasteiger partial charge in [-0.25, -0.2) is 5.43 Å². The molecular weight excluding hydrogens is 222 g/mol. The number of carbonyl (C=O) groups is 1. The van der Waals surface area contributed by atoms with Crippen molar-refractivity contribution in [2.24, 2.45) is 10.8 Å². The largest absolute Gasteiger partial charge is 0.377 e. The van der Waals surface area contributed by atoms with Crippen LogP contribution >= 0.6 is 11.8 Å². The van der Waals surface area contributed by atoms with Crippen molar-refractivity contribution >= 4 is 22.8 Å². The highest BCUT2D eigenvalue weighted by Crippen LogP contribution is 2.00. The molecule has 1 aromatic rings. The number of amides is 1. The first-order valence-electron chi connectivity index (χ1n) is 4.66. The minimum Gasteiger partial charge on any atom is -0.377 e. The highest BCUT2D eigenvalue weighted by atomic mass is 32.2. The van der Waals surface area contributed by atoms with Gasteiger partial charge in [0, 0.05) is 11.3 Å². The molecule has 0 fully saturated rings. The summed E-state index contributed by atoms with van der Waals surface area (Å²) in [4.78, 5) is 11.5. The highest BCUT2D eigenvalue weighted by Gasteiger charge is 2.02. The van der Waals surface area contributed by atoms with Crippen molar-refractivity contribution in [2.75, 3.05) is 5.75 Å². The summed E-state index contributed by atoms with van der Waals surface area (Å²) < 4.78 is 0. The Morgan fingerprint density at radius 3 is 2.81 bits per heavy atom. The van der Waals surface area contributed by atoms with Crippen LogP contribution < -0.4 is 11.2 Å². The van der Waals surface area contributed by atoms with Crippen LogP contribution in [0.4, 0.5) is 0 Å². The predicted octanol–water partition coefficient (Wildman–Crippen LogP) is 1.57. The molecule has 0 saturated carbocycles. The molecule has 0 spiro atoms. The van der Waals surface area contributed by atoms with Gasteiger partial charge in [-0.15, -0.1) is 11.7 Å². The zero-order valence-corrected chi connectivity index (χ0v) is 9.54. The molecule has 3 N–H and O–H groups in total. The van der Waals surface area contributed by atoms with Crippen molar-refractivity contribution in [1.82, 2.24) is 5.43 Å². The van der Waals surface area contributed by atoms with Crippen LogP contribution in [0.3, 0.4) is 0 Å². The smallest absolute Gasteiger partial charge is 0.271 e. The maximum Gasteiger partial charge on any atom is 0.271 e. The van der Waals surface area contributed by atoms with E-state index in [4.69, 9.17) is 5.73 Å². The first-order chi connectivity index (χ1) is 7.74. The fourth-order valence-corrected chi connectivity index (χ4v) is 1.34. The molecule has 0 bridgehead atoms. The van der Waals surface area contributed by atoms with Gasteiger partial charge in [0.2, 0.25) is 0 Å². The number of nitrogens with zero attached hydrogens (tertiary/aromatic N) is 1. The Hall–Kier alpha value is -1.75. The van der Waals surface area contributed by atoms with E-state index in [-0.39, 0.29) is 5.91 Å². The number of benzene rings is 1. The average molecular weight is 235 g/mol. The highest BCUT2D eigenvalue weighted by molar-refractivity contribution is 8.13. The molecule has 0 atom stereocenters. The Bertz CT molecular complexity index is 389. The summed E-state index contributed by atoms with van der Waals surface area (Å²) in [6.45, 7) is 3.56. The van der Waals surface area contributed by atoms with Crippen molar-refractivity contribution in [3.63, 3.8) is 0 Å². The summed E-state index contributed by atoms with van der Waals surface area (Å²) in [6, 6.07) is 8.83. The number of nitrogens with one attached hydrogen (secondary N) is 1. The summed E-state index contributed by atoms with van der Waals surface area (Å²) in [5, 5.41) is 4.06. The van der Waals surface area contributed by atoms with Gasteiger partial charge in [-0.1, -0.05) is 36.0 Å². The Kier molecular flexibility index (Phi) is 5.15. The van der Waals surface area contributed by atoms with E-state index in [9.17, 15) is 4.79 Å². The molecule has 84 valence electrons. The number of carbonyl (C=O) groups excluding carboxylic acids is 1. The summed E-state index contributed by atoms with van der Waals surface area (Å²) in [5.41, 5.74) is 8.46. The van der Waals surface area contributed by atoms with Crippen LogP contribution in [0.15, 0.2) is 48.1 Å². The van der Waals surface area contributed by atoms with Crippen LogP contribution in [0.2, 0.25) is 0 Å². The van der Waals surface area contributed by atoms with Gasteiger partial charge in [-0.2, -0.15) is 0 Å². The number of hydrogen-bond acceptors (Lipinski definition) is 3. The molecule has 0 aromatic heterocycles. The molecule has 1 rings (SSSR count). The van der Waals surface area contributed by atoms with E-state index in [2.05, 4.69) is 17.1 Å². The van der Waals surface area contributed by atoms with Gasteiger partial charge in [-0.3, -0.25) is 4.79 Å². The SMILES string of the molecule is C=CCS/C(N)=N/NC(=O)c1ccccc1. The van der Waals surface area contributed by atoms with E-state index in [1.54, 1.807) is 30.3 Å². The minimum absolute atomic E-state index is 0.275. The second kappa shape index (κ2) is 6.68. The lowest BCUT2D eigenvalue weighted by Gasteiger charge is -2.00. The molecule has 0 unspecified atom stereocenters. The summed E-state index contributed by atoms with van der Waals surface area (Å²) in [7, 11) is 0. The summed E-state index contributed by atoms with van der Waals surface area (Å²) in [5.74, 6) is 0.388. The maximum atomic E-state index is 11.5. The van der Waals surface area contributed by atoms with Gasteiger partial charge in [0.1, 0.15) is 0 Å².